The van der Waals surface area contributed by atoms with Crippen molar-refractivity contribution in [2.75, 3.05) is 46.8 Å². The van der Waals surface area contributed by atoms with E-state index >= 15 is 0 Å². The lowest BCUT2D eigenvalue weighted by Crippen LogP contribution is -2.48. The molecule has 1 saturated heterocycles. The number of hydrogen-bond acceptors (Lipinski definition) is 4. The molecule has 1 atom stereocenters. The van der Waals surface area contributed by atoms with E-state index in [4.69, 9.17) is 5.73 Å². The van der Waals surface area contributed by atoms with Crippen LogP contribution in [0.1, 0.15) is 32.6 Å². The number of piperidine rings is 1. The van der Waals surface area contributed by atoms with E-state index in [1.54, 1.807) is 0 Å². The quantitative estimate of drug-likeness (QED) is 0.681. The molecule has 3 N–H and O–H groups in total. The minimum atomic E-state index is 0.137. The second kappa shape index (κ2) is 9.32. The summed E-state index contributed by atoms with van der Waals surface area (Å²) in [6.45, 7) is 6.70. The third-order valence-electron chi connectivity index (χ3n) is 4.05. The molecule has 0 radical (unpaired) electrons. The highest BCUT2D eigenvalue weighted by Gasteiger charge is 2.25. The van der Waals surface area contributed by atoms with Crippen molar-refractivity contribution < 1.29 is 4.79 Å². The summed E-state index contributed by atoms with van der Waals surface area (Å²) in [5.41, 5.74) is 5.87. The van der Waals surface area contributed by atoms with Crippen molar-refractivity contribution in [2.45, 2.75) is 38.6 Å². The molecular formula is C15H32N4O. The van der Waals surface area contributed by atoms with Gasteiger partial charge in [0.2, 0.25) is 5.91 Å². The molecular weight excluding hydrogens is 252 g/mol. The van der Waals surface area contributed by atoms with Crippen LogP contribution < -0.4 is 11.1 Å². The van der Waals surface area contributed by atoms with Crippen molar-refractivity contribution in [3.63, 3.8) is 0 Å². The maximum Gasteiger partial charge on any atom is 0.221 e. The third-order valence-corrected chi connectivity index (χ3v) is 4.05. The Labute approximate surface area is 123 Å². The van der Waals surface area contributed by atoms with Crippen molar-refractivity contribution in [1.82, 2.24) is 15.1 Å². The molecule has 0 aliphatic carbocycles. The Kier molecular flexibility index (Phi) is 8.11. The largest absolute Gasteiger partial charge is 0.356 e. The Balaban J connectivity index is 2.34. The van der Waals surface area contributed by atoms with Crippen LogP contribution in [0.25, 0.3) is 0 Å². The van der Waals surface area contributed by atoms with E-state index in [1.165, 1.54) is 12.8 Å². The zero-order valence-corrected chi connectivity index (χ0v) is 13.4. The van der Waals surface area contributed by atoms with Gasteiger partial charge in [-0.3, -0.25) is 9.69 Å². The lowest BCUT2D eigenvalue weighted by Gasteiger charge is -2.37. The highest BCUT2D eigenvalue weighted by atomic mass is 16.1. The van der Waals surface area contributed by atoms with Crippen LogP contribution in [0.3, 0.4) is 0 Å². The predicted molar refractivity (Wildman–Crippen MR) is 83.6 cm³/mol. The lowest BCUT2D eigenvalue weighted by atomic mass is 9.94. The fraction of sp³-hybridized carbons (Fsp3) is 0.933. The normalized spacial score (nSPS) is 19.2. The van der Waals surface area contributed by atoms with Crippen LogP contribution in [-0.4, -0.2) is 68.6 Å². The van der Waals surface area contributed by atoms with E-state index in [0.29, 0.717) is 13.0 Å². The van der Waals surface area contributed by atoms with Crippen LogP contribution in [0.2, 0.25) is 0 Å². The second-order valence-corrected chi connectivity index (χ2v) is 6.19. The maximum absolute atomic E-state index is 11.8. The first-order chi connectivity index (χ1) is 9.56. The Morgan fingerprint density at radius 1 is 1.40 bits per heavy atom. The fourth-order valence-electron chi connectivity index (χ4n) is 2.93. The lowest BCUT2D eigenvalue weighted by molar-refractivity contribution is -0.122. The molecule has 0 aromatic carbocycles. The van der Waals surface area contributed by atoms with Crippen molar-refractivity contribution in [3.05, 3.63) is 0 Å². The molecule has 1 amide bonds. The van der Waals surface area contributed by atoms with Gasteiger partial charge in [-0.15, -0.1) is 0 Å². The average molecular weight is 284 g/mol. The van der Waals surface area contributed by atoms with Gasteiger partial charge in [0.25, 0.3) is 0 Å². The first kappa shape index (κ1) is 17.4. The summed E-state index contributed by atoms with van der Waals surface area (Å²) in [6, 6.07) is 0.201. The molecule has 5 heteroatoms. The van der Waals surface area contributed by atoms with Crippen LogP contribution in [0.15, 0.2) is 0 Å². The van der Waals surface area contributed by atoms with Crippen molar-refractivity contribution >= 4 is 5.91 Å². The summed E-state index contributed by atoms with van der Waals surface area (Å²) < 4.78 is 0. The summed E-state index contributed by atoms with van der Waals surface area (Å²) in [6.07, 6.45) is 3.94. The van der Waals surface area contributed by atoms with E-state index in [-0.39, 0.29) is 11.9 Å². The molecule has 20 heavy (non-hydrogen) atoms. The zero-order valence-electron chi connectivity index (χ0n) is 13.4. The molecule has 0 saturated carbocycles. The maximum atomic E-state index is 11.8. The first-order valence-electron chi connectivity index (χ1n) is 7.92. The number of nitrogens with one attached hydrogen (secondary N) is 1. The second-order valence-electron chi connectivity index (χ2n) is 6.19. The molecule has 5 nitrogen and oxygen atoms in total. The summed E-state index contributed by atoms with van der Waals surface area (Å²) in [4.78, 5) is 16.5. The van der Waals surface area contributed by atoms with Crippen LogP contribution in [0.5, 0.6) is 0 Å². The molecule has 1 unspecified atom stereocenters. The van der Waals surface area contributed by atoms with Gasteiger partial charge >= 0.3 is 0 Å². The molecule has 1 rings (SSSR count). The van der Waals surface area contributed by atoms with Gasteiger partial charge in [0, 0.05) is 32.1 Å². The Hall–Kier alpha value is -0.650. The molecule has 1 aliphatic rings. The predicted octanol–water partition coefficient (Wildman–Crippen LogP) is 0.504. The summed E-state index contributed by atoms with van der Waals surface area (Å²) in [7, 11) is 4.26. The van der Waals surface area contributed by atoms with Gasteiger partial charge in [0.15, 0.2) is 0 Å². The number of carbonyl (C=O) groups is 1. The van der Waals surface area contributed by atoms with E-state index < -0.39 is 0 Å². The van der Waals surface area contributed by atoms with Crippen molar-refractivity contribution in [3.8, 4) is 0 Å². The monoisotopic (exact) mass is 284 g/mol. The first-order valence-corrected chi connectivity index (χ1v) is 7.92. The van der Waals surface area contributed by atoms with Crippen molar-refractivity contribution in [2.24, 2.45) is 11.7 Å². The highest BCUT2D eigenvalue weighted by molar-refractivity contribution is 5.76. The smallest absolute Gasteiger partial charge is 0.221 e. The van der Waals surface area contributed by atoms with Gasteiger partial charge in [0.05, 0.1) is 0 Å². The minimum absolute atomic E-state index is 0.137. The standard InChI is InChI=1S/C15H32N4O/c1-4-7-17-15(20)10-14(11-16)19-8-5-13(6-9-19)12-18(2)3/h13-14H,4-12,16H2,1-3H3,(H,17,20). The van der Waals surface area contributed by atoms with Crippen LogP contribution in [-0.2, 0) is 4.79 Å². The summed E-state index contributed by atoms with van der Waals surface area (Å²) >= 11 is 0. The number of carbonyl (C=O) groups excluding carboxylic acids is 1. The number of hydrogen-bond donors (Lipinski definition) is 2. The number of nitrogens with two attached hydrogens (primary N) is 1. The number of nitrogens with zero attached hydrogens (tertiary/aromatic N) is 2. The topological polar surface area (TPSA) is 61.6 Å². The fourth-order valence-corrected chi connectivity index (χ4v) is 2.93. The van der Waals surface area contributed by atoms with Gasteiger partial charge in [-0.1, -0.05) is 6.92 Å². The highest BCUT2D eigenvalue weighted by Crippen LogP contribution is 2.20. The average Bonchev–Trinajstić information content (AvgIpc) is 2.43. The Morgan fingerprint density at radius 2 is 2.05 bits per heavy atom. The number of likely N-dealkylation sites (tertiary alicyclic amines) is 1. The summed E-state index contributed by atoms with van der Waals surface area (Å²) in [5, 5.41) is 2.94. The minimum Gasteiger partial charge on any atom is -0.356 e. The SMILES string of the molecule is CCCNC(=O)CC(CN)N1CCC(CN(C)C)CC1. The van der Waals surface area contributed by atoms with E-state index in [0.717, 1.165) is 38.5 Å². The molecule has 1 aliphatic heterocycles. The van der Waals surface area contributed by atoms with Crippen LogP contribution in [0.4, 0.5) is 0 Å². The molecule has 118 valence electrons. The van der Waals surface area contributed by atoms with Gasteiger partial charge in [-0.25, -0.2) is 0 Å². The Morgan fingerprint density at radius 3 is 2.55 bits per heavy atom. The Bertz CT molecular complexity index is 275. The van der Waals surface area contributed by atoms with E-state index in [1.807, 2.05) is 0 Å². The summed E-state index contributed by atoms with van der Waals surface area (Å²) in [5.74, 6) is 0.923. The van der Waals surface area contributed by atoms with Crippen LogP contribution in [0, 0.1) is 5.92 Å². The van der Waals surface area contributed by atoms with Gasteiger partial charge in [-0.05, 0) is 52.4 Å². The molecule has 1 fully saturated rings. The van der Waals surface area contributed by atoms with Gasteiger partial charge < -0.3 is 16.0 Å². The van der Waals surface area contributed by atoms with E-state index in [2.05, 4.69) is 36.1 Å². The zero-order chi connectivity index (χ0) is 15.0. The molecule has 0 spiro atoms. The van der Waals surface area contributed by atoms with Crippen molar-refractivity contribution in [1.29, 1.82) is 0 Å². The van der Waals surface area contributed by atoms with Crippen LogP contribution >= 0.6 is 0 Å². The number of amides is 1. The molecule has 1 heterocycles. The number of rotatable bonds is 8. The van der Waals surface area contributed by atoms with Gasteiger partial charge in [0.1, 0.15) is 0 Å². The molecule has 0 bridgehead atoms. The third kappa shape index (κ3) is 6.20. The molecule has 0 aromatic rings. The van der Waals surface area contributed by atoms with Gasteiger partial charge in [-0.2, -0.15) is 0 Å². The molecule has 0 aromatic heterocycles. The van der Waals surface area contributed by atoms with E-state index in [9.17, 15) is 4.79 Å².